The third-order valence-corrected chi connectivity index (χ3v) is 0.485. The molecule has 0 rings (SSSR count). The van der Waals surface area contributed by atoms with Crippen molar-refractivity contribution in [3.8, 4) is 0 Å². The Kier molecular flexibility index (Phi) is 4.88. The third-order valence-electron chi connectivity index (χ3n) is 0.272. The summed E-state index contributed by atoms with van der Waals surface area (Å²) in [5.41, 5.74) is 0. The molecular weight excluding hydrogens is 111 g/mol. The average molecular weight is 118 g/mol. The Bertz CT molecular complexity index is 14.4. The van der Waals surface area contributed by atoms with Crippen molar-refractivity contribution in [2.75, 3.05) is 6.61 Å². The molecule has 2 heteroatoms. The molecule has 0 N–H and O–H groups in total. The van der Waals surface area contributed by atoms with E-state index in [1.54, 1.807) is 0 Å². The van der Waals surface area contributed by atoms with Crippen LogP contribution in [0.1, 0.15) is 13.3 Å². The van der Waals surface area contributed by atoms with Gasteiger partial charge in [0.15, 0.2) is 0 Å². The molecule has 0 unspecified atom stereocenters. The Hall–Kier alpha value is 0.466. The number of hydrogen-bond donors (Lipinski definition) is 0. The maximum atomic E-state index is 4.38. The van der Waals surface area contributed by atoms with Gasteiger partial charge in [0, 0.05) is 0 Å². The summed E-state index contributed by atoms with van der Waals surface area (Å²) in [4.78, 5) is 0. The second kappa shape index (κ2) is 4.47. The van der Waals surface area contributed by atoms with Crippen LogP contribution in [0, 0.1) is 0 Å². The molecule has 0 aromatic rings. The van der Waals surface area contributed by atoms with Crippen LogP contribution in [0.5, 0.6) is 0 Å². The van der Waals surface area contributed by atoms with Crippen LogP contribution >= 0.6 is 0 Å². The van der Waals surface area contributed by atoms with Crippen LogP contribution in [0.4, 0.5) is 0 Å². The van der Waals surface area contributed by atoms with Crippen molar-refractivity contribution in [1.82, 2.24) is 0 Å². The summed E-state index contributed by atoms with van der Waals surface area (Å²) in [7, 11) is 0. The molecule has 0 aliphatic rings. The minimum absolute atomic E-state index is 0.750. The summed E-state index contributed by atoms with van der Waals surface area (Å²) in [5, 5.41) is 0. The van der Waals surface area contributed by atoms with Gasteiger partial charge in [-0.3, -0.25) is 0 Å². The van der Waals surface area contributed by atoms with Gasteiger partial charge in [-0.1, -0.05) is 0 Å². The molecule has 0 amide bonds. The van der Waals surface area contributed by atoms with E-state index in [1.165, 1.54) is 0 Å². The zero-order valence-corrected chi connectivity index (χ0v) is 4.20. The summed E-state index contributed by atoms with van der Waals surface area (Å²) in [6, 6.07) is 0. The van der Waals surface area contributed by atoms with Crippen LogP contribution in [-0.4, -0.2) is 6.61 Å². The quantitative estimate of drug-likeness (QED) is 0.522. The summed E-state index contributed by atoms with van der Waals surface area (Å²) >= 11 is 3.54. The standard InChI is InChI=1S/C3H7O.Co/c1-2-3-4;/h2-3H2,1H3;/q-1;+1. The fraction of sp³-hybridized carbons (Fsp3) is 1.00. The minimum atomic E-state index is 0.750. The first-order valence-corrected chi connectivity index (χ1v) is 2.06. The first kappa shape index (κ1) is 5.47. The van der Waals surface area contributed by atoms with Crippen molar-refractivity contribution in [2.24, 2.45) is 0 Å². The van der Waals surface area contributed by atoms with Gasteiger partial charge in [-0.2, -0.15) is 0 Å². The normalized spacial score (nSPS) is 8.60. The zero-order valence-electron chi connectivity index (χ0n) is 3.16. The molecule has 0 radical (unpaired) electrons. The predicted octanol–water partition coefficient (Wildman–Crippen LogP) is 0.875. The van der Waals surface area contributed by atoms with Crippen LogP contribution in [0.15, 0.2) is 0 Å². The van der Waals surface area contributed by atoms with Gasteiger partial charge in [0.05, 0.1) is 0 Å². The Labute approximate surface area is 40.6 Å². The van der Waals surface area contributed by atoms with Gasteiger partial charge >= 0.3 is 39.9 Å². The molecular formula is C3H7CoO. The first-order chi connectivity index (χ1) is 2.41. The molecule has 0 spiro atoms. The molecule has 34 valence electrons. The fourth-order valence-corrected chi connectivity index (χ4v) is 0.281. The third kappa shape index (κ3) is 4.47. The van der Waals surface area contributed by atoms with Crippen molar-refractivity contribution in [3.63, 3.8) is 0 Å². The van der Waals surface area contributed by atoms with Crippen LogP contribution in [0.25, 0.3) is 0 Å². The zero-order chi connectivity index (χ0) is 4.12. The first-order valence-electron chi connectivity index (χ1n) is 1.63. The van der Waals surface area contributed by atoms with Crippen LogP contribution < -0.4 is 0 Å². The summed E-state index contributed by atoms with van der Waals surface area (Å²) < 4.78 is 4.38. The molecule has 0 aromatic carbocycles. The molecule has 1 nitrogen and oxygen atoms in total. The van der Waals surface area contributed by atoms with Crippen molar-refractivity contribution in [2.45, 2.75) is 13.3 Å². The number of hydrogen-bond acceptors (Lipinski definition) is 1. The molecule has 0 saturated carbocycles. The fourth-order valence-electron chi connectivity index (χ4n) is 0.0680. The second-order valence-electron chi connectivity index (χ2n) is 0.800. The van der Waals surface area contributed by atoms with E-state index in [-0.39, 0.29) is 0 Å². The Morgan fingerprint density at radius 1 is 1.80 bits per heavy atom. The Morgan fingerprint density at radius 2 is 2.40 bits per heavy atom. The molecule has 0 aromatic heterocycles. The van der Waals surface area contributed by atoms with Gasteiger partial charge in [-0.05, 0) is 0 Å². The van der Waals surface area contributed by atoms with E-state index < -0.39 is 0 Å². The van der Waals surface area contributed by atoms with Gasteiger partial charge < -0.3 is 0 Å². The summed E-state index contributed by atoms with van der Waals surface area (Å²) in [6.07, 6.45) is 1.04. The maximum absolute atomic E-state index is 4.38. The van der Waals surface area contributed by atoms with Crippen molar-refractivity contribution < 1.29 is 19.9 Å². The van der Waals surface area contributed by atoms with E-state index in [0.29, 0.717) is 0 Å². The molecule has 0 atom stereocenters. The van der Waals surface area contributed by atoms with E-state index in [2.05, 4.69) is 19.9 Å². The van der Waals surface area contributed by atoms with Gasteiger partial charge in [-0.25, -0.2) is 0 Å². The summed E-state index contributed by atoms with van der Waals surface area (Å²) in [6.45, 7) is 2.79. The Balaban J connectivity index is 2.19. The molecule has 0 aliphatic carbocycles. The SMILES string of the molecule is CCC[O][Co]. The molecule has 5 heavy (non-hydrogen) atoms. The Morgan fingerprint density at radius 3 is 2.40 bits per heavy atom. The average Bonchev–Trinajstić information content (AvgIpc) is 1.41. The second-order valence-corrected chi connectivity index (χ2v) is 1.10. The van der Waals surface area contributed by atoms with Crippen molar-refractivity contribution in [3.05, 3.63) is 0 Å². The molecule has 0 aliphatic heterocycles. The topological polar surface area (TPSA) is 9.23 Å². The van der Waals surface area contributed by atoms with E-state index >= 15 is 0 Å². The van der Waals surface area contributed by atoms with Gasteiger partial charge in [-0.15, -0.1) is 0 Å². The van der Waals surface area contributed by atoms with Gasteiger partial charge in [0.25, 0.3) is 0 Å². The van der Waals surface area contributed by atoms with Crippen molar-refractivity contribution >= 4 is 0 Å². The summed E-state index contributed by atoms with van der Waals surface area (Å²) in [5.74, 6) is 0. The predicted molar refractivity (Wildman–Crippen MR) is 16.2 cm³/mol. The van der Waals surface area contributed by atoms with Crippen molar-refractivity contribution in [1.29, 1.82) is 0 Å². The van der Waals surface area contributed by atoms with Crippen LogP contribution in [0.2, 0.25) is 0 Å². The van der Waals surface area contributed by atoms with Crippen LogP contribution in [-0.2, 0) is 19.9 Å². The van der Waals surface area contributed by atoms with E-state index in [1.807, 2.05) is 6.92 Å². The van der Waals surface area contributed by atoms with Gasteiger partial charge in [0.2, 0.25) is 0 Å². The monoisotopic (exact) mass is 118 g/mol. The van der Waals surface area contributed by atoms with Gasteiger partial charge in [0.1, 0.15) is 0 Å². The van der Waals surface area contributed by atoms with E-state index in [4.69, 9.17) is 0 Å². The van der Waals surface area contributed by atoms with E-state index in [0.717, 1.165) is 13.0 Å². The molecule has 0 bridgehead atoms. The molecule has 0 saturated heterocycles. The number of rotatable bonds is 2. The molecule has 0 heterocycles. The van der Waals surface area contributed by atoms with Crippen LogP contribution in [0.3, 0.4) is 0 Å². The van der Waals surface area contributed by atoms with E-state index in [9.17, 15) is 0 Å². The molecule has 0 fully saturated rings.